The van der Waals surface area contributed by atoms with Crippen LogP contribution in [0.15, 0.2) is 54.6 Å². The van der Waals surface area contributed by atoms with E-state index in [1.807, 2.05) is 47.4 Å². The number of rotatable bonds is 2. The highest BCUT2D eigenvalue weighted by atomic mass is 35.5. The summed E-state index contributed by atoms with van der Waals surface area (Å²) < 4.78 is 6.03. The first-order valence-corrected chi connectivity index (χ1v) is 9.06. The van der Waals surface area contributed by atoms with Gasteiger partial charge in [-0.3, -0.25) is 4.79 Å². The number of halogens is 1. The molecule has 4 nitrogen and oxygen atoms in total. The lowest BCUT2D eigenvalue weighted by molar-refractivity contribution is -0.0954. The monoisotopic (exact) mass is 372 g/mol. The van der Waals surface area contributed by atoms with Gasteiger partial charge in [0.1, 0.15) is 0 Å². The lowest BCUT2D eigenvalue weighted by Crippen LogP contribution is -2.56. The SMILES string of the molecule is Cl.O=C(c1ccccc1-c1ccccc1)N1CCC2(CC1)CNCCO2. The molecule has 0 bridgehead atoms. The molecule has 0 aliphatic carbocycles. The number of nitrogens with zero attached hydrogens (tertiary/aromatic N) is 1. The Bertz CT molecular complexity index is 735. The third-order valence-corrected chi connectivity index (χ3v) is 5.34. The fraction of sp³-hybridized carbons (Fsp3) is 0.381. The molecule has 1 amide bonds. The molecule has 5 heteroatoms. The molecule has 1 spiro atoms. The van der Waals surface area contributed by atoms with E-state index < -0.39 is 0 Å². The van der Waals surface area contributed by atoms with Crippen LogP contribution in [-0.4, -0.2) is 49.2 Å². The first kappa shape index (κ1) is 18.9. The maximum Gasteiger partial charge on any atom is 0.254 e. The van der Waals surface area contributed by atoms with Crippen LogP contribution in [0.25, 0.3) is 11.1 Å². The minimum absolute atomic E-state index is 0. The summed E-state index contributed by atoms with van der Waals surface area (Å²) in [5.74, 6) is 0.123. The second-order valence-electron chi connectivity index (χ2n) is 6.91. The van der Waals surface area contributed by atoms with E-state index >= 15 is 0 Å². The van der Waals surface area contributed by atoms with Crippen molar-refractivity contribution in [2.45, 2.75) is 18.4 Å². The first-order valence-electron chi connectivity index (χ1n) is 9.06. The van der Waals surface area contributed by atoms with Crippen LogP contribution in [-0.2, 0) is 4.74 Å². The van der Waals surface area contributed by atoms with E-state index in [1.165, 1.54) is 0 Å². The van der Waals surface area contributed by atoms with Gasteiger partial charge >= 0.3 is 0 Å². The van der Waals surface area contributed by atoms with Crippen molar-refractivity contribution in [1.82, 2.24) is 10.2 Å². The van der Waals surface area contributed by atoms with E-state index in [1.54, 1.807) is 0 Å². The molecule has 2 aliphatic rings. The topological polar surface area (TPSA) is 41.6 Å². The van der Waals surface area contributed by atoms with E-state index in [0.717, 1.165) is 62.3 Å². The van der Waals surface area contributed by atoms with Gasteiger partial charge in [-0.15, -0.1) is 12.4 Å². The summed E-state index contributed by atoms with van der Waals surface area (Å²) in [7, 11) is 0. The molecule has 0 unspecified atom stereocenters. The van der Waals surface area contributed by atoms with Crippen LogP contribution in [0.4, 0.5) is 0 Å². The van der Waals surface area contributed by atoms with Crippen LogP contribution in [0.1, 0.15) is 23.2 Å². The number of piperidine rings is 1. The minimum atomic E-state index is -0.0754. The van der Waals surface area contributed by atoms with Crippen molar-refractivity contribution < 1.29 is 9.53 Å². The third kappa shape index (κ3) is 3.78. The van der Waals surface area contributed by atoms with Crippen molar-refractivity contribution in [2.24, 2.45) is 0 Å². The van der Waals surface area contributed by atoms with Crippen molar-refractivity contribution in [3.63, 3.8) is 0 Å². The fourth-order valence-electron chi connectivity index (χ4n) is 3.85. The summed E-state index contributed by atoms with van der Waals surface area (Å²) in [6.45, 7) is 4.10. The number of hydrogen-bond donors (Lipinski definition) is 1. The molecule has 138 valence electrons. The fourth-order valence-corrected chi connectivity index (χ4v) is 3.85. The molecule has 2 heterocycles. The highest BCUT2D eigenvalue weighted by molar-refractivity contribution is 6.00. The van der Waals surface area contributed by atoms with Crippen molar-refractivity contribution in [3.8, 4) is 11.1 Å². The van der Waals surface area contributed by atoms with Gasteiger partial charge in [0.15, 0.2) is 0 Å². The third-order valence-electron chi connectivity index (χ3n) is 5.34. The van der Waals surface area contributed by atoms with E-state index in [2.05, 4.69) is 17.4 Å². The Hall–Kier alpha value is -1.88. The predicted octanol–water partition coefficient (Wildman–Crippen LogP) is 3.37. The smallest absolute Gasteiger partial charge is 0.254 e. The van der Waals surface area contributed by atoms with Crippen LogP contribution >= 0.6 is 12.4 Å². The first-order chi connectivity index (χ1) is 12.3. The zero-order valence-electron chi connectivity index (χ0n) is 14.8. The van der Waals surface area contributed by atoms with Gasteiger partial charge in [-0.2, -0.15) is 0 Å². The molecule has 0 aromatic heterocycles. The second-order valence-corrected chi connectivity index (χ2v) is 6.91. The zero-order chi connectivity index (χ0) is 17.1. The Morgan fingerprint density at radius 2 is 1.69 bits per heavy atom. The molecular formula is C21H25ClN2O2. The molecule has 0 radical (unpaired) electrons. The largest absolute Gasteiger partial charge is 0.372 e. The van der Waals surface area contributed by atoms with E-state index in [0.29, 0.717) is 0 Å². The summed E-state index contributed by atoms with van der Waals surface area (Å²) in [6.07, 6.45) is 1.80. The molecule has 2 aromatic rings. The molecule has 1 N–H and O–H groups in total. The molecule has 26 heavy (non-hydrogen) atoms. The van der Waals surface area contributed by atoms with E-state index in [9.17, 15) is 4.79 Å². The lowest BCUT2D eigenvalue weighted by atomic mass is 9.89. The average molecular weight is 373 g/mol. The lowest BCUT2D eigenvalue weighted by Gasteiger charge is -2.44. The Morgan fingerprint density at radius 3 is 2.38 bits per heavy atom. The number of carbonyl (C=O) groups is 1. The Labute approximate surface area is 160 Å². The highest BCUT2D eigenvalue weighted by Crippen LogP contribution is 2.30. The number of benzene rings is 2. The van der Waals surface area contributed by atoms with Crippen molar-refractivity contribution in [2.75, 3.05) is 32.8 Å². The number of likely N-dealkylation sites (tertiary alicyclic amines) is 1. The van der Waals surface area contributed by atoms with Crippen LogP contribution < -0.4 is 5.32 Å². The van der Waals surface area contributed by atoms with Gasteiger partial charge in [-0.05, 0) is 30.0 Å². The Kier molecular flexibility index (Phi) is 5.97. The summed E-state index contributed by atoms with van der Waals surface area (Å²) in [6, 6.07) is 18.0. The molecular weight excluding hydrogens is 348 g/mol. The van der Waals surface area contributed by atoms with Gasteiger partial charge in [-0.25, -0.2) is 0 Å². The molecule has 2 saturated heterocycles. The number of carbonyl (C=O) groups excluding carboxylic acids is 1. The standard InChI is InChI=1S/C21H24N2O2.ClH/c24-20(23-13-10-21(11-14-23)16-22-12-15-25-21)19-9-5-4-8-18(19)17-6-2-1-3-7-17;/h1-9,22H,10-16H2;1H. The molecule has 2 aromatic carbocycles. The molecule has 2 aliphatic heterocycles. The van der Waals surface area contributed by atoms with Crippen LogP contribution in [0.5, 0.6) is 0 Å². The Balaban J connectivity index is 0.00000196. The van der Waals surface area contributed by atoms with Crippen LogP contribution in [0.3, 0.4) is 0 Å². The molecule has 0 atom stereocenters. The van der Waals surface area contributed by atoms with Gasteiger partial charge < -0.3 is 15.0 Å². The number of nitrogens with one attached hydrogen (secondary N) is 1. The number of amides is 1. The number of ether oxygens (including phenoxy) is 1. The summed E-state index contributed by atoms with van der Waals surface area (Å²) >= 11 is 0. The van der Waals surface area contributed by atoms with Gasteiger partial charge in [0.05, 0.1) is 12.2 Å². The number of hydrogen-bond acceptors (Lipinski definition) is 3. The minimum Gasteiger partial charge on any atom is -0.372 e. The van der Waals surface area contributed by atoms with Crippen molar-refractivity contribution >= 4 is 18.3 Å². The van der Waals surface area contributed by atoms with Crippen LogP contribution in [0, 0.1) is 0 Å². The van der Waals surface area contributed by atoms with Gasteiger partial charge in [0.25, 0.3) is 5.91 Å². The average Bonchev–Trinajstić information content (AvgIpc) is 2.69. The van der Waals surface area contributed by atoms with Crippen molar-refractivity contribution in [1.29, 1.82) is 0 Å². The number of morpholine rings is 1. The van der Waals surface area contributed by atoms with Crippen LogP contribution in [0.2, 0.25) is 0 Å². The van der Waals surface area contributed by atoms with Gasteiger partial charge in [0.2, 0.25) is 0 Å². The van der Waals surface area contributed by atoms with Gasteiger partial charge in [-0.1, -0.05) is 48.5 Å². The summed E-state index contributed by atoms with van der Waals surface area (Å²) in [4.78, 5) is 15.1. The Morgan fingerprint density at radius 1 is 1.00 bits per heavy atom. The normalized spacial score (nSPS) is 19.0. The maximum atomic E-state index is 13.1. The summed E-state index contributed by atoms with van der Waals surface area (Å²) in [5.41, 5.74) is 2.80. The van der Waals surface area contributed by atoms with Gasteiger partial charge in [0, 0.05) is 31.7 Å². The summed E-state index contributed by atoms with van der Waals surface area (Å²) in [5, 5.41) is 3.42. The highest BCUT2D eigenvalue weighted by Gasteiger charge is 2.38. The quantitative estimate of drug-likeness (QED) is 0.878. The molecule has 0 saturated carbocycles. The second kappa shape index (κ2) is 8.21. The zero-order valence-corrected chi connectivity index (χ0v) is 15.6. The maximum absolute atomic E-state index is 13.1. The van der Waals surface area contributed by atoms with Crippen molar-refractivity contribution in [3.05, 3.63) is 60.2 Å². The van der Waals surface area contributed by atoms with E-state index in [-0.39, 0.29) is 23.9 Å². The molecule has 4 rings (SSSR count). The molecule has 2 fully saturated rings. The predicted molar refractivity (Wildman–Crippen MR) is 106 cm³/mol. The van der Waals surface area contributed by atoms with E-state index in [4.69, 9.17) is 4.74 Å².